The predicted octanol–water partition coefficient (Wildman–Crippen LogP) is 2.03. The number of halogens is 1. The molecule has 5 heteroatoms. The number of hydrogen-bond acceptors (Lipinski definition) is 3. The molecule has 0 saturated carbocycles. The Bertz CT molecular complexity index is 385. The summed E-state index contributed by atoms with van der Waals surface area (Å²) in [5.41, 5.74) is 0.611. The number of aliphatic hydroxyl groups excluding tert-OH is 1. The van der Waals surface area contributed by atoms with Gasteiger partial charge in [-0.3, -0.25) is 4.79 Å². The SMILES string of the molecule is CCC(O)CCNCC(=O)Nc1ccccc1Cl. The fourth-order valence-electron chi connectivity index (χ4n) is 1.43. The summed E-state index contributed by atoms with van der Waals surface area (Å²) in [5, 5.41) is 15.5. The van der Waals surface area contributed by atoms with Gasteiger partial charge in [0, 0.05) is 0 Å². The average Bonchev–Trinajstić information content (AvgIpc) is 2.37. The van der Waals surface area contributed by atoms with Crippen LogP contribution in [0.3, 0.4) is 0 Å². The Morgan fingerprint density at radius 3 is 2.83 bits per heavy atom. The molecule has 0 aliphatic rings. The zero-order valence-corrected chi connectivity index (χ0v) is 11.2. The summed E-state index contributed by atoms with van der Waals surface area (Å²) in [6.07, 6.45) is 1.08. The van der Waals surface area contributed by atoms with Crippen molar-refractivity contribution in [1.29, 1.82) is 0 Å². The highest BCUT2D eigenvalue weighted by Crippen LogP contribution is 2.19. The van der Waals surface area contributed by atoms with Crippen LogP contribution in [0.15, 0.2) is 24.3 Å². The maximum absolute atomic E-state index is 11.6. The van der Waals surface area contributed by atoms with Gasteiger partial charge in [-0.1, -0.05) is 30.7 Å². The van der Waals surface area contributed by atoms with Crippen LogP contribution in [-0.2, 0) is 4.79 Å². The standard InChI is InChI=1S/C13H19ClN2O2/c1-2-10(17)7-8-15-9-13(18)16-12-6-4-3-5-11(12)14/h3-6,10,15,17H,2,7-9H2,1H3,(H,16,18). The van der Waals surface area contributed by atoms with E-state index in [9.17, 15) is 9.90 Å². The van der Waals surface area contributed by atoms with E-state index in [4.69, 9.17) is 11.6 Å². The van der Waals surface area contributed by atoms with Gasteiger partial charge < -0.3 is 15.7 Å². The van der Waals surface area contributed by atoms with Crippen LogP contribution >= 0.6 is 11.6 Å². The van der Waals surface area contributed by atoms with E-state index < -0.39 is 0 Å². The van der Waals surface area contributed by atoms with E-state index in [0.29, 0.717) is 23.7 Å². The van der Waals surface area contributed by atoms with Crippen LogP contribution in [0.25, 0.3) is 0 Å². The fraction of sp³-hybridized carbons (Fsp3) is 0.462. The number of rotatable bonds is 7. The summed E-state index contributed by atoms with van der Waals surface area (Å²) in [6.45, 7) is 2.75. The topological polar surface area (TPSA) is 61.4 Å². The molecule has 1 amide bonds. The van der Waals surface area contributed by atoms with Gasteiger partial charge in [-0.2, -0.15) is 0 Å². The molecule has 0 aromatic heterocycles. The first-order chi connectivity index (χ1) is 8.63. The van der Waals surface area contributed by atoms with Crippen molar-refractivity contribution in [1.82, 2.24) is 5.32 Å². The molecule has 1 rings (SSSR count). The number of nitrogens with one attached hydrogen (secondary N) is 2. The van der Waals surface area contributed by atoms with E-state index in [-0.39, 0.29) is 18.6 Å². The highest BCUT2D eigenvalue weighted by molar-refractivity contribution is 6.33. The summed E-state index contributed by atoms with van der Waals surface area (Å²) in [5.74, 6) is -0.144. The van der Waals surface area contributed by atoms with Crippen molar-refractivity contribution < 1.29 is 9.90 Å². The van der Waals surface area contributed by atoms with E-state index in [1.807, 2.05) is 19.1 Å². The third kappa shape index (κ3) is 5.49. The van der Waals surface area contributed by atoms with Gasteiger partial charge in [0.1, 0.15) is 0 Å². The first-order valence-corrected chi connectivity index (χ1v) is 6.44. The Balaban J connectivity index is 2.24. The number of anilines is 1. The lowest BCUT2D eigenvalue weighted by molar-refractivity contribution is -0.115. The third-order valence-electron chi connectivity index (χ3n) is 2.56. The zero-order valence-electron chi connectivity index (χ0n) is 10.4. The molecule has 1 aromatic rings. The number of carbonyl (C=O) groups excluding carboxylic acids is 1. The third-order valence-corrected chi connectivity index (χ3v) is 2.89. The van der Waals surface area contributed by atoms with Gasteiger partial charge in [0.05, 0.1) is 23.4 Å². The van der Waals surface area contributed by atoms with Gasteiger partial charge in [0.2, 0.25) is 5.91 Å². The molecule has 0 saturated heterocycles. The molecule has 1 unspecified atom stereocenters. The van der Waals surface area contributed by atoms with Gasteiger partial charge in [-0.05, 0) is 31.5 Å². The number of amides is 1. The number of aliphatic hydroxyl groups is 1. The molecule has 0 radical (unpaired) electrons. The van der Waals surface area contributed by atoms with Crippen LogP contribution in [0.5, 0.6) is 0 Å². The molecule has 0 bridgehead atoms. The molecule has 18 heavy (non-hydrogen) atoms. The molecule has 0 aliphatic heterocycles. The molecule has 3 N–H and O–H groups in total. The highest BCUT2D eigenvalue weighted by Gasteiger charge is 2.05. The van der Waals surface area contributed by atoms with E-state index in [2.05, 4.69) is 10.6 Å². The molecular formula is C13H19ClN2O2. The van der Waals surface area contributed by atoms with Crippen LogP contribution in [0.2, 0.25) is 5.02 Å². The van der Waals surface area contributed by atoms with Gasteiger partial charge in [0.25, 0.3) is 0 Å². The zero-order chi connectivity index (χ0) is 13.4. The normalized spacial score (nSPS) is 12.2. The Labute approximate surface area is 112 Å². The van der Waals surface area contributed by atoms with Crippen molar-refractivity contribution in [3.8, 4) is 0 Å². The summed E-state index contributed by atoms with van der Waals surface area (Å²) in [6, 6.07) is 7.10. The quantitative estimate of drug-likeness (QED) is 0.665. The lowest BCUT2D eigenvalue weighted by Crippen LogP contribution is -2.30. The molecule has 0 heterocycles. The van der Waals surface area contributed by atoms with Crippen LogP contribution in [0.4, 0.5) is 5.69 Å². The molecule has 100 valence electrons. The smallest absolute Gasteiger partial charge is 0.238 e. The molecule has 1 aromatic carbocycles. The number of para-hydroxylation sites is 1. The van der Waals surface area contributed by atoms with E-state index >= 15 is 0 Å². The maximum atomic E-state index is 11.6. The van der Waals surface area contributed by atoms with E-state index in [1.165, 1.54) is 0 Å². The second-order valence-corrected chi connectivity index (χ2v) is 4.46. The lowest BCUT2D eigenvalue weighted by atomic mass is 10.2. The number of hydrogen-bond donors (Lipinski definition) is 3. The molecule has 0 aliphatic carbocycles. The summed E-state index contributed by atoms with van der Waals surface area (Å²) < 4.78 is 0. The van der Waals surface area contributed by atoms with Crippen molar-refractivity contribution in [3.63, 3.8) is 0 Å². The second-order valence-electron chi connectivity index (χ2n) is 4.06. The Hall–Kier alpha value is -1.10. The van der Waals surface area contributed by atoms with Crippen LogP contribution in [0, 0.1) is 0 Å². The van der Waals surface area contributed by atoms with Gasteiger partial charge >= 0.3 is 0 Å². The highest BCUT2D eigenvalue weighted by atomic mass is 35.5. The predicted molar refractivity (Wildman–Crippen MR) is 73.9 cm³/mol. The van der Waals surface area contributed by atoms with Crippen LogP contribution < -0.4 is 10.6 Å². The number of benzene rings is 1. The van der Waals surface area contributed by atoms with E-state index in [0.717, 1.165) is 6.42 Å². The van der Waals surface area contributed by atoms with Crippen LogP contribution in [-0.4, -0.2) is 30.2 Å². The second kappa shape index (κ2) is 8.08. The van der Waals surface area contributed by atoms with Crippen molar-refractivity contribution in [3.05, 3.63) is 29.3 Å². The molecular weight excluding hydrogens is 252 g/mol. The van der Waals surface area contributed by atoms with Crippen molar-refractivity contribution in [2.45, 2.75) is 25.9 Å². The minimum Gasteiger partial charge on any atom is -0.393 e. The Morgan fingerprint density at radius 1 is 1.44 bits per heavy atom. The summed E-state index contributed by atoms with van der Waals surface area (Å²) in [7, 11) is 0. The van der Waals surface area contributed by atoms with Gasteiger partial charge in [-0.15, -0.1) is 0 Å². The first-order valence-electron chi connectivity index (χ1n) is 6.06. The van der Waals surface area contributed by atoms with Crippen molar-refractivity contribution in [2.75, 3.05) is 18.4 Å². The van der Waals surface area contributed by atoms with Crippen molar-refractivity contribution >= 4 is 23.2 Å². The summed E-state index contributed by atoms with van der Waals surface area (Å²) in [4.78, 5) is 11.6. The Morgan fingerprint density at radius 2 is 2.17 bits per heavy atom. The monoisotopic (exact) mass is 270 g/mol. The fourth-order valence-corrected chi connectivity index (χ4v) is 1.61. The van der Waals surface area contributed by atoms with E-state index in [1.54, 1.807) is 12.1 Å². The molecule has 0 fully saturated rings. The van der Waals surface area contributed by atoms with Gasteiger partial charge in [0.15, 0.2) is 0 Å². The Kier molecular flexibility index (Phi) is 6.72. The average molecular weight is 271 g/mol. The maximum Gasteiger partial charge on any atom is 0.238 e. The number of carbonyl (C=O) groups is 1. The molecule has 1 atom stereocenters. The molecule has 0 spiro atoms. The minimum atomic E-state index is -0.302. The van der Waals surface area contributed by atoms with Crippen LogP contribution in [0.1, 0.15) is 19.8 Å². The minimum absolute atomic E-state index is 0.144. The summed E-state index contributed by atoms with van der Waals surface area (Å²) >= 11 is 5.92. The molecule has 4 nitrogen and oxygen atoms in total. The lowest BCUT2D eigenvalue weighted by Gasteiger charge is -2.09. The van der Waals surface area contributed by atoms with Crippen molar-refractivity contribution in [2.24, 2.45) is 0 Å². The van der Waals surface area contributed by atoms with Gasteiger partial charge in [-0.25, -0.2) is 0 Å². The largest absolute Gasteiger partial charge is 0.393 e. The first kappa shape index (κ1) is 15.0.